The van der Waals surface area contributed by atoms with Gasteiger partial charge < -0.3 is 15.2 Å². The van der Waals surface area contributed by atoms with Crippen molar-refractivity contribution in [3.05, 3.63) is 23.7 Å². The predicted octanol–water partition coefficient (Wildman–Crippen LogP) is 1.77. The summed E-state index contributed by atoms with van der Waals surface area (Å²) in [7, 11) is 0. The lowest BCUT2D eigenvalue weighted by Gasteiger charge is -2.28. The van der Waals surface area contributed by atoms with Crippen LogP contribution in [-0.4, -0.2) is 43.3 Å². The zero-order chi connectivity index (χ0) is 15.7. The Labute approximate surface area is 129 Å². The lowest BCUT2D eigenvalue weighted by molar-refractivity contribution is 0.189. The maximum Gasteiger partial charge on any atom is 0.317 e. The summed E-state index contributed by atoms with van der Waals surface area (Å²) in [6, 6.07) is 0.118. The Bertz CT molecular complexity index is 658. The van der Waals surface area contributed by atoms with Gasteiger partial charge in [-0.1, -0.05) is 0 Å². The van der Waals surface area contributed by atoms with Gasteiger partial charge in [0.2, 0.25) is 0 Å². The zero-order valence-corrected chi connectivity index (χ0v) is 13.3. The largest absolute Gasteiger partial charge is 0.343 e. The molecule has 2 aromatic rings. The van der Waals surface area contributed by atoms with Gasteiger partial charge in [0.25, 0.3) is 0 Å². The average Bonchev–Trinajstić information content (AvgIpc) is 3.12. The molecule has 0 spiro atoms. The lowest BCUT2D eigenvalue weighted by Crippen LogP contribution is -2.45. The van der Waals surface area contributed by atoms with E-state index in [2.05, 4.69) is 27.3 Å². The van der Waals surface area contributed by atoms with Gasteiger partial charge in [-0.25, -0.2) is 9.78 Å². The molecule has 0 radical (unpaired) electrons. The number of H-pyrrole nitrogens is 1. The summed E-state index contributed by atoms with van der Waals surface area (Å²) in [4.78, 5) is 21.5. The molecule has 2 amide bonds. The lowest BCUT2D eigenvalue weighted by atomic mass is 10.0. The summed E-state index contributed by atoms with van der Waals surface area (Å²) in [5.41, 5.74) is 3.16. The molecule has 0 bridgehead atoms. The van der Waals surface area contributed by atoms with Crippen LogP contribution in [0, 0.1) is 0 Å². The molecule has 0 saturated carbocycles. The quantitative estimate of drug-likeness (QED) is 0.907. The molecule has 7 heteroatoms. The summed E-state index contributed by atoms with van der Waals surface area (Å²) >= 11 is 0. The second kappa shape index (κ2) is 5.82. The number of urea groups is 1. The van der Waals surface area contributed by atoms with Crippen molar-refractivity contribution in [2.75, 3.05) is 6.54 Å². The van der Waals surface area contributed by atoms with E-state index in [1.807, 2.05) is 23.4 Å². The molecule has 1 aliphatic heterocycles. The topological polar surface area (TPSA) is 78.8 Å². The summed E-state index contributed by atoms with van der Waals surface area (Å²) in [5.74, 6) is 0.759. The highest BCUT2D eigenvalue weighted by molar-refractivity contribution is 5.75. The number of aromatic amines is 1. The number of aromatic nitrogens is 4. The Morgan fingerprint density at radius 2 is 2.32 bits per heavy atom. The Morgan fingerprint density at radius 3 is 2.95 bits per heavy atom. The number of hydrogen-bond acceptors (Lipinski definition) is 3. The molecule has 2 aromatic heterocycles. The molecule has 1 aliphatic rings. The third-order valence-corrected chi connectivity index (χ3v) is 3.86. The molecular formula is C15H22N6O. The fraction of sp³-hybridized carbons (Fsp3) is 0.533. The number of carbonyl (C=O) groups excluding carboxylic acids is 1. The van der Waals surface area contributed by atoms with Crippen LogP contribution in [0.2, 0.25) is 0 Å². The second-order valence-corrected chi connectivity index (χ2v) is 5.80. The van der Waals surface area contributed by atoms with Crippen LogP contribution in [0.3, 0.4) is 0 Å². The van der Waals surface area contributed by atoms with Gasteiger partial charge in [0.1, 0.15) is 5.69 Å². The van der Waals surface area contributed by atoms with Crippen molar-refractivity contribution in [2.45, 2.75) is 46.3 Å². The summed E-state index contributed by atoms with van der Waals surface area (Å²) in [5, 5.41) is 7.63. The number of nitrogens with one attached hydrogen (secondary N) is 2. The number of carbonyl (C=O) groups is 1. The highest BCUT2D eigenvalue weighted by Gasteiger charge is 2.28. The Balaban J connectivity index is 1.92. The molecule has 7 nitrogen and oxygen atoms in total. The Kier molecular flexibility index (Phi) is 3.87. The molecule has 0 fully saturated rings. The van der Waals surface area contributed by atoms with Gasteiger partial charge >= 0.3 is 6.03 Å². The van der Waals surface area contributed by atoms with E-state index in [0.29, 0.717) is 6.54 Å². The molecular weight excluding hydrogens is 280 g/mol. The van der Waals surface area contributed by atoms with E-state index in [4.69, 9.17) is 0 Å². The van der Waals surface area contributed by atoms with E-state index in [1.54, 1.807) is 12.4 Å². The van der Waals surface area contributed by atoms with Crippen molar-refractivity contribution in [1.29, 1.82) is 0 Å². The maximum atomic E-state index is 12.3. The van der Waals surface area contributed by atoms with E-state index in [1.165, 1.54) is 5.69 Å². The smallest absolute Gasteiger partial charge is 0.317 e. The van der Waals surface area contributed by atoms with Crippen LogP contribution in [0.15, 0.2) is 12.4 Å². The van der Waals surface area contributed by atoms with E-state index in [9.17, 15) is 4.79 Å². The fourth-order valence-corrected chi connectivity index (χ4v) is 2.85. The summed E-state index contributed by atoms with van der Waals surface area (Å²) in [6.07, 6.45) is 4.33. The predicted molar refractivity (Wildman–Crippen MR) is 83.3 cm³/mol. The second-order valence-electron chi connectivity index (χ2n) is 5.80. The van der Waals surface area contributed by atoms with Crippen molar-refractivity contribution < 1.29 is 4.79 Å². The van der Waals surface area contributed by atoms with Crippen LogP contribution in [0.25, 0.3) is 11.5 Å². The molecule has 2 N–H and O–H groups in total. The van der Waals surface area contributed by atoms with E-state index >= 15 is 0 Å². The number of hydrogen-bond donors (Lipinski definition) is 2. The standard InChI is InChI=1S/C15H22N6O/c1-4-21-12-5-8-20(15(22)18-10(2)3)9-11(12)13(19-21)14-16-6-7-17-14/h6-7,10H,4-5,8-9H2,1-3H3,(H,16,17)(H,18,22). The highest BCUT2D eigenvalue weighted by Crippen LogP contribution is 2.28. The first kappa shape index (κ1) is 14.6. The molecule has 3 heterocycles. The monoisotopic (exact) mass is 302 g/mol. The molecule has 0 unspecified atom stereocenters. The van der Waals surface area contributed by atoms with E-state index < -0.39 is 0 Å². The number of rotatable bonds is 3. The zero-order valence-electron chi connectivity index (χ0n) is 13.3. The van der Waals surface area contributed by atoms with Gasteiger partial charge in [-0.15, -0.1) is 0 Å². The summed E-state index contributed by atoms with van der Waals surface area (Å²) in [6.45, 7) is 8.13. The minimum atomic E-state index is -0.0182. The number of imidazole rings is 1. The van der Waals surface area contributed by atoms with Gasteiger partial charge in [0.15, 0.2) is 5.82 Å². The average molecular weight is 302 g/mol. The van der Waals surface area contributed by atoms with Crippen molar-refractivity contribution >= 4 is 6.03 Å². The molecule has 118 valence electrons. The highest BCUT2D eigenvalue weighted by atomic mass is 16.2. The van der Waals surface area contributed by atoms with Crippen LogP contribution in [0.4, 0.5) is 4.79 Å². The fourth-order valence-electron chi connectivity index (χ4n) is 2.85. The number of nitrogens with zero attached hydrogens (tertiary/aromatic N) is 4. The van der Waals surface area contributed by atoms with Crippen LogP contribution < -0.4 is 5.32 Å². The van der Waals surface area contributed by atoms with Crippen LogP contribution in [0.1, 0.15) is 32.0 Å². The minimum absolute atomic E-state index is 0.0182. The van der Waals surface area contributed by atoms with Crippen LogP contribution in [-0.2, 0) is 19.5 Å². The number of aryl methyl sites for hydroxylation is 1. The van der Waals surface area contributed by atoms with Crippen molar-refractivity contribution in [2.24, 2.45) is 0 Å². The molecule has 0 aliphatic carbocycles. The molecule has 0 aromatic carbocycles. The van der Waals surface area contributed by atoms with E-state index in [0.717, 1.165) is 36.6 Å². The normalized spacial score (nSPS) is 14.3. The van der Waals surface area contributed by atoms with Crippen molar-refractivity contribution in [3.8, 4) is 11.5 Å². The van der Waals surface area contributed by atoms with Gasteiger partial charge in [-0.2, -0.15) is 5.10 Å². The summed E-state index contributed by atoms with van der Waals surface area (Å²) < 4.78 is 2.02. The molecule has 0 saturated heterocycles. The molecule has 3 rings (SSSR count). The third-order valence-electron chi connectivity index (χ3n) is 3.86. The van der Waals surface area contributed by atoms with Crippen molar-refractivity contribution in [3.63, 3.8) is 0 Å². The molecule has 22 heavy (non-hydrogen) atoms. The number of fused-ring (bicyclic) bond motifs is 1. The van der Waals surface area contributed by atoms with E-state index in [-0.39, 0.29) is 12.1 Å². The third kappa shape index (κ3) is 2.58. The molecule has 0 atom stereocenters. The number of amides is 2. The van der Waals surface area contributed by atoms with Crippen LogP contribution in [0.5, 0.6) is 0 Å². The minimum Gasteiger partial charge on any atom is -0.343 e. The first-order valence-electron chi connectivity index (χ1n) is 7.74. The van der Waals surface area contributed by atoms with Gasteiger partial charge in [-0.3, -0.25) is 4.68 Å². The maximum absolute atomic E-state index is 12.3. The first-order chi connectivity index (χ1) is 10.6. The van der Waals surface area contributed by atoms with Crippen molar-refractivity contribution in [1.82, 2.24) is 30.0 Å². The van der Waals surface area contributed by atoms with Gasteiger partial charge in [-0.05, 0) is 20.8 Å². The Hall–Kier alpha value is -2.31. The van der Waals surface area contributed by atoms with Crippen LogP contribution >= 0.6 is 0 Å². The van der Waals surface area contributed by atoms with Gasteiger partial charge in [0.05, 0.1) is 6.54 Å². The Morgan fingerprint density at radius 1 is 1.50 bits per heavy atom. The first-order valence-corrected chi connectivity index (χ1v) is 7.74. The SMILES string of the molecule is CCn1nc(-c2ncc[nH]2)c2c1CCN(C(=O)NC(C)C)C2. The van der Waals surface area contributed by atoms with Gasteiger partial charge in [0, 0.05) is 49.2 Å².